The van der Waals surface area contributed by atoms with Crippen LogP contribution in [0.15, 0.2) is 42.7 Å². The number of benzene rings is 1. The predicted molar refractivity (Wildman–Crippen MR) is 94.4 cm³/mol. The van der Waals surface area contributed by atoms with Crippen molar-refractivity contribution >= 4 is 11.6 Å². The average molecular weight is 379 g/mol. The first kappa shape index (κ1) is 19.2. The van der Waals surface area contributed by atoms with Gasteiger partial charge in [0.05, 0.1) is 16.8 Å². The summed E-state index contributed by atoms with van der Waals surface area (Å²) in [6, 6.07) is 7.03. The summed E-state index contributed by atoms with van der Waals surface area (Å²) in [5.74, 6) is -0.620. The fraction of sp³-hybridized carbons (Fsp3) is 0.368. The van der Waals surface area contributed by atoms with Crippen molar-refractivity contribution in [3.05, 3.63) is 59.4 Å². The van der Waals surface area contributed by atoms with Gasteiger partial charge in [-0.05, 0) is 30.5 Å². The summed E-state index contributed by atoms with van der Waals surface area (Å²) in [6.07, 6.45) is -0.377. The molecular weight excluding hydrogens is 359 g/mol. The van der Waals surface area contributed by atoms with Crippen LogP contribution in [0.25, 0.3) is 0 Å². The average Bonchev–Trinajstić information content (AvgIpc) is 2.67. The Kier molecular flexibility index (Phi) is 5.36. The number of pyridine rings is 1. The highest BCUT2D eigenvalue weighted by atomic mass is 19.4. The standard InChI is InChI=1S/C19H20F3N3O2/c20-19(21,22)14-3-1-2-13(10-14)18(5-8-27-9-6-18)12-25-16-4-7-24-11-15(16)17(23)26/h1-4,7,10-11H,5-6,8-9,12H2,(H2,23,26)(H,24,25). The number of hydrogen-bond donors (Lipinski definition) is 2. The Labute approximate surface area is 154 Å². The van der Waals surface area contributed by atoms with Gasteiger partial charge in [-0.1, -0.05) is 18.2 Å². The number of nitrogens with two attached hydrogens (primary N) is 1. The van der Waals surface area contributed by atoms with Crippen LogP contribution in [0.4, 0.5) is 18.9 Å². The van der Waals surface area contributed by atoms with Crippen LogP contribution in [0.2, 0.25) is 0 Å². The zero-order valence-corrected chi connectivity index (χ0v) is 14.6. The molecule has 8 heteroatoms. The molecule has 144 valence electrons. The Bertz CT molecular complexity index is 818. The fourth-order valence-electron chi connectivity index (χ4n) is 3.36. The topological polar surface area (TPSA) is 77.2 Å². The largest absolute Gasteiger partial charge is 0.416 e. The Hall–Kier alpha value is -2.61. The lowest BCUT2D eigenvalue weighted by Crippen LogP contribution is -2.40. The second-order valence-corrected chi connectivity index (χ2v) is 6.61. The number of hydrogen-bond acceptors (Lipinski definition) is 4. The summed E-state index contributed by atoms with van der Waals surface area (Å²) in [7, 11) is 0. The van der Waals surface area contributed by atoms with Crippen LogP contribution >= 0.6 is 0 Å². The number of alkyl halides is 3. The molecule has 1 aromatic carbocycles. The van der Waals surface area contributed by atoms with Gasteiger partial charge in [-0.25, -0.2) is 0 Å². The van der Waals surface area contributed by atoms with Crippen LogP contribution in [-0.4, -0.2) is 30.6 Å². The molecule has 1 amide bonds. The van der Waals surface area contributed by atoms with E-state index in [4.69, 9.17) is 10.5 Å². The van der Waals surface area contributed by atoms with E-state index in [2.05, 4.69) is 10.3 Å². The smallest absolute Gasteiger partial charge is 0.383 e. The van der Waals surface area contributed by atoms with Crippen LogP contribution < -0.4 is 11.1 Å². The van der Waals surface area contributed by atoms with E-state index >= 15 is 0 Å². The van der Waals surface area contributed by atoms with Gasteiger partial charge in [0.2, 0.25) is 0 Å². The van der Waals surface area contributed by atoms with Crippen LogP contribution in [-0.2, 0) is 16.3 Å². The molecule has 3 N–H and O–H groups in total. The number of rotatable bonds is 5. The molecule has 0 aliphatic carbocycles. The molecule has 2 aromatic rings. The summed E-state index contributed by atoms with van der Waals surface area (Å²) < 4.78 is 44.9. The van der Waals surface area contributed by atoms with Gasteiger partial charge in [-0.2, -0.15) is 13.2 Å². The summed E-state index contributed by atoms with van der Waals surface area (Å²) in [5, 5.41) is 3.18. The van der Waals surface area contributed by atoms with E-state index in [0.717, 1.165) is 6.07 Å². The van der Waals surface area contributed by atoms with Crippen LogP contribution in [0.3, 0.4) is 0 Å². The zero-order valence-electron chi connectivity index (χ0n) is 14.6. The minimum absolute atomic E-state index is 0.240. The normalized spacial score (nSPS) is 16.7. The van der Waals surface area contributed by atoms with Gasteiger partial charge in [-0.3, -0.25) is 9.78 Å². The monoisotopic (exact) mass is 379 g/mol. The van der Waals surface area contributed by atoms with E-state index < -0.39 is 23.1 Å². The number of ether oxygens (including phenoxy) is 1. The van der Waals surface area contributed by atoms with Gasteiger partial charge in [0.1, 0.15) is 0 Å². The molecule has 5 nitrogen and oxygen atoms in total. The van der Waals surface area contributed by atoms with Gasteiger partial charge < -0.3 is 15.8 Å². The third kappa shape index (κ3) is 4.21. The van der Waals surface area contributed by atoms with Gasteiger partial charge in [0, 0.05) is 37.6 Å². The highest BCUT2D eigenvalue weighted by Gasteiger charge is 2.37. The number of amides is 1. The lowest BCUT2D eigenvalue weighted by Gasteiger charge is -2.38. The van der Waals surface area contributed by atoms with Crippen molar-refractivity contribution < 1.29 is 22.7 Å². The quantitative estimate of drug-likeness (QED) is 0.835. The second kappa shape index (κ2) is 7.56. The van der Waals surface area contributed by atoms with E-state index in [1.807, 2.05) is 0 Å². The Morgan fingerprint density at radius 3 is 2.67 bits per heavy atom. The van der Waals surface area contributed by atoms with E-state index in [1.165, 1.54) is 24.5 Å². The highest BCUT2D eigenvalue weighted by molar-refractivity contribution is 5.98. The maximum atomic E-state index is 13.2. The van der Waals surface area contributed by atoms with E-state index in [1.54, 1.807) is 12.1 Å². The van der Waals surface area contributed by atoms with Gasteiger partial charge in [-0.15, -0.1) is 0 Å². The molecule has 1 saturated heterocycles. The summed E-state index contributed by atoms with van der Waals surface area (Å²) in [4.78, 5) is 15.5. The summed E-state index contributed by atoms with van der Waals surface area (Å²) in [6.45, 7) is 1.26. The molecule has 2 heterocycles. The number of anilines is 1. The molecule has 0 radical (unpaired) electrons. The highest BCUT2D eigenvalue weighted by Crippen LogP contribution is 2.38. The van der Waals surface area contributed by atoms with Crippen LogP contribution in [0.1, 0.15) is 34.3 Å². The minimum Gasteiger partial charge on any atom is -0.383 e. The van der Waals surface area contributed by atoms with Crippen molar-refractivity contribution in [3.63, 3.8) is 0 Å². The molecule has 3 rings (SSSR count). The number of primary amides is 1. The van der Waals surface area contributed by atoms with Crippen molar-refractivity contribution in [1.29, 1.82) is 0 Å². The van der Waals surface area contributed by atoms with Gasteiger partial charge >= 0.3 is 6.18 Å². The predicted octanol–water partition coefficient (Wildman–Crippen LogP) is 3.36. The molecule has 1 aliphatic heterocycles. The van der Waals surface area contributed by atoms with Crippen molar-refractivity contribution in [3.8, 4) is 0 Å². The first-order valence-electron chi connectivity index (χ1n) is 8.55. The molecule has 0 bridgehead atoms. The lowest BCUT2D eigenvalue weighted by molar-refractivity contribution is -0.137. The number of halogens is 3. The molecule has 0 saturated carbocycles. The van der Waals surface area contributed by atoms with Gasteiger partial charge in [0.15, 0.2) is 0 Å². The first-order chi connectivity index (χ1) is 12.8. The van der Waals surface area contributed by atoms with Crippen LogP contribution in [0.5, 0.6) is 0 Å². The molecule has 27 heavy (non-hydrogen) atoms. The first-order valence-corrected chi connectivity index (χ1v) is 8.55. The van der Waals surface area contributed by atoms with Crippen LogP contribution in [0, 0.1) is 0 Å². The molecular formula is C19H20F3N3O2. The minimum atomic E-state index is -4.40. The maximum Gasteiger partial charge on any atom is 0.416 e. The third-order valence-electron chi connectivity index (χ3n) is 4.96. The second-order valence-electron chi connectivity index (χ2n) is 6.61. The Balaban J connectivity index is 1.92. The van der Waals surface area contributed by atoms with Crippen molar-refractivity contribution in [2.75, 3.05) is 25.1 Å². The zero-order chi connectivity index (χ0) is 19.5. The summed E-state index contributed by atoms with van der Waals surface area (Å²) in [5.41, 5.74) is 5.50. The molecule has 1 aliphatic rings. The van der Waals surface area contributed by atoms with Crippen molar-refractivity contribution in [2.24, 2.45) is 5.73 Å². The third-order valence-corrected chi connectivity index (χ3v) is 4.96. The molecule has 0 spiro atoms. The van der Waals surface area contributed by atoms with E-state index in [0.29, 0.717) is 43.9 Å². The number of carbonyl (C=O) groups is 1. The number of nitrogens with one attached hydrogen (secondary N) is 1. The van der Waals surface area contributed by atoms with Gasteiger partial charge in [0.25, 0.3) is 5.91 Å². The molecule has 0 unspecified atom stereocenters. The maximum absolute atomic E-state index is 13.2. The number of nitrogens with zero attached hydrogens (tertiary/aromatic N) is 1. The molecule has 1 aromatic heterocycles. The SMILES string of the molecule is NC(=O)c1cnccc1NCC1(c2cccc(C(F)(F)F)c2)CCOCC1. The van der Waals surface area contributed by atoms with E-state index in [-0.39, 0.29) is 5.56 Å². The lowest BCUT2D eigenvalue weighted by atomic mass is 9.73. The molecule has 0 atom stereocenters. The fourth-order valence-corrected chi connectivity index (χ4v) is 3.36. The number of aromatic nitrogens is 1. The summed E-state index contributed by atoms with van der Waals surface area (Å²) >= 11 is 0. The van der Waals surface area contributed by atoms with Crippen molar-refractivity contribution in [2.45, 2.75) is 24.4 Å². The Morgan fingerprint density at radius 1 is 1.26 bits per heavy atom. The Morgan fingerprint density at radius 2 is 2.00 bits per heavy atom. The molecule has 1 fully saturated rings. The van der Waals surface area contributed by atoms with Crippen molar-refractivity contribution in [1.82, 2.24) is 4.98 Å². The van der Waals surface area contributed by atoms with E-state index in [9.17, 15) is 18.0 Å². The number of carbonyl (C=O) groups excluding carboxylic acids is 1.